The van der Waals surface area contributed by atoms with Crippen molar-refractivity contribution in [3.63, 3.8) is 0 Å². The Kier molecular flexibility index (Phi) is 13.1. The van der Waals surface area contributed by atoms with Crippen molar-refractivity contribution in [2.24, 2.45) is 9.98 Å². The minimum atomic E-state index is -0.680. The van der Waals surface area contributed by atoms with Crippen LogP contribution in [0.15, 0.2) is 94.9 Å². The molecule has 4 aromatic carbocycles. The number of carbonyl (C=O) groups is 4. The van der Waals surface area contributed by atoms with E-state index in [9.17, 15) is 29.4 Å². The maximum absolute atomic E-state index is 12.9. The molecule has 0 unspecified atom stereocenters. The Bertz CT molecular complexity index is 1830. The number of rotatable bonds is 8. The summed E-state index contributed by atoms with van der Waals surface area (Å²) in [5, 5.41) is 21.7. The van der Waals surface area contributed by atoms with Crippen molar-refractivity contribution in [3.8, 4) is 11.5 Å². The molecule has 10 nitrogen and oxygen atoms in total. The van der Waals surface area contributed by atoms with Gasteiger partial charge in [-0.2, -0.15) is 0 Å². The molecule has 0 bridgehead atoms. The predicted molar refractivity (Wildman–Crippen MR) is 186 cm³/mol. The number of anilines is 1. The smallest absolute Gasteiger partial charge is 0.278 e. The highest BCUT2D eigenvalue weighted by atomic mass is 35.5. The molecule has 0 heterocycles. The topological polar surface area (TPSA) is 149 Å². The van der Waals surface area contributed by atoms with Gasteiger partial charge in [0.1, 0.15) is 0 Å². The largest absolute Gasteiger partial charge is 0.505 e. The number of ketones is 2. The van der Waals surface area contributed by atoms with E-state index in [0.29, 0.717) is 11.3 Å². The average molecular weight is 716 g/mol. The monoisotopic (exact) mass is 714 g/mol. The molecule has 47 heavy (non-hydrogen) atoms. The minimum Gasteiger partial charge on any atom is -0.505 e. The molecule has 242 valence electrons. The van der Waals surface area contributed by atoms with Crippen molar-refractivity contribution in [2.75, 3.05) is 19.4 Å². The Morgan fingerprint density at radius 1 is 0.660 bits per heavy atom. The highest BCUT2D eigenvalue weighted by molar-refractivity contribution is 6.70. The molecule has 0 spiro atoms. The van der Waals surface area contributed by atoms with E-state index in [1.165, 1.54) is 50.2 Å². The van der Waals surface area contributed by atoms with E-state index >= 15 is 0 Å². The summed E-state index contributed by atoms with van der Waals surface area (Å²) in [6.07, 6.45) is 0. The summed E-state index contributed by atoms with van der Waals surface area (Å²) in [6.45, 7) is 1.24. The van der Waals surface area contributed by atoms with Crippen LogP contribution >= 0.6 is 46.4 Å². The van der Waals surface area contributed by atoms with Crippen LogP contribution in [0.3, 0.4) is 0 Å². The number of amides is 2. The molecule has 0 fully saturated rings. The molecule has 2 amide bonds. The van der Waals surface area contributed by atoms with E-state index < -0.39 is 23.4 Å². The van der Waals surface area contributed by atoms with E-state index in [1.54, 1.807) is 60.7 Å². The molecule has 4 rings (SSSR count). The summed E-state index contributed by atoms with van der Waals surface area (Å²) in [5.41, 5.74) is 0.627. The number of phenolic OH excluding ortho intramolecular Hbond substituents is 2. The molecule has 4 aromatic rings. The summed E-state index contributed by atoms with van der Waals surface area (Å²) in [7, 11) is 3.02. The van der Waals surface area contributed by atoms with Crippen molar-refractivity contribution in [1.29, 1.82) is 0 Å². The van der Waals surface area contributed by atoms with Gasteiger partial charge in [-0.1, -0.05) is 94.9 Å². The average Bonchev–Trinajstić information content (AvgIpc) is 3.04. The van der Waals surface area contributed by atoms with Gasteiger partial charge in [-0.25, -0.2) is 9.98 Å². The van der Waals surface area contributed by atoms with Gasteiger partial charge in [0, 0.05) is 32.3 Å². The van der Waals surface area contributed by atoms with Gasteiger partial charge in [0.2, 0.25) is 5.78 Å². The third-order valence-corrected chi connectivity index (χ3v) is 7.08. The standard InChI is InChI=1S/C21H14Cl2N2O3.C12H12Cl2N2O3/c22-16-11-15(12-17(23)20(16)27)24-18(19(26)13-7-3-1-4-8-13)21(28)25-14-9-5-2-6-10-14;1-6(17)10(12(19)16(2)3)15-7-4-8(13)11(18)9(14)5-7/h1-12,27H,(H,25,28);4-5,18H,1-3H3. The van der Waals surface area contributed by atoms with Crippen molar-refractivity contribution in [3.05, 3.63) is 111 Å². The third-order valence-electron chi connectivity index (χ3n) is 5.93. The van der Waals surface area contributed by atoms with E-state index in [2.05, 4.69) is 15.3 Å². The van der Waals surface area contributed by atoms with Crippen LogP contribution < -0.4 is 5.32 Å². The van der Waals surface area contributed by atoms with E-state index in [1.807, 2.05) is 0 Å². The molecule has 0 atom stereocenters. The number of nitrogens with zero attached hydrogens (tertiary/aromatic N) is 3. The number of carbonyl (C=O) groups excluding carboxylic acids is 4. The van der Waals surface area contributed by atoms with Crippen LogP contribution in [-0.2, 0) is 14.4 Å². The second-order valence-electron chi connectivity index (χ2n) is 9.71. The van der Waals surface area contributed by atoms with Crippen LogP contribution in [0, 0.1) is 0 Å². The van der Waals surface area contributed by atoms with Gasteiger partial charge in [-0.15, -0.1) is 0 Å². The molecule has 3 N–H and O–H groups in total. The van der Waals surface area contributed by atoms with Gasteiger partial charge in [0.15, 0.2) is 28.7 Å². The fourth-order valence-corrected chi connectivity index (χ4v) is 4.57. The Balaban J connectivity index is 0.000000277. The Morgan fingerprint density at radius 2 is 1.06 bits per heavy atom. The van der Waals surface area contributed by atoms with Crippen LogP contribution in [-0.4, -0.2) is 64.0 Å². The normalized spacial score (nSPS) is 11.2. The molecule has 0 saturated carbocycles. The van der Waals surface area contributed by atoms with Gasteiger partial charge < -0.3 is 20.4 Å². The zero-order valence-electron chi connectivity index (χ0n) is 25.0. The predicted octanol–water partition coefficient (Wildman–Crippen LogP) is 7.74. The van der Waals surface area contributed by atoms with Crippen LogP contribution in [0.25, 0.3) is 0 Å². The van der Waals surface area contributed by atoms with E-state index in [-0.39, 0.29) is 54.4 Å². The number of aliphatic imine (C=N–C) groups is 2. The van der Waals surface area contributed by atoms with Crippen LogP contribution in [0.1, 0.15) is 17.3 Å². The first-order chi connectivity index (χ1) is 22.2. The number of hydrogen-bond acceptors (Lipinski definition) is 8. The van der Waals surface area contributed by atoms with Crippen molar-refractivity contribution in [1.82, 2.24) is 4.90 Å². The molecule has 0 aliphatic rings. The SMILES string of the molecule is CC(=O)C(=Nc1cc(Cl)c(O)c(Cl)c1)C(=O)N(C)C.O=C(Nc1ccccc1)C(=Nc1cc(Cl)c(O)c(Cl)c1)C(=O)c1ccccc1. The molecule has 14 heteroatoms. The summed E-state index contributed by atoms with van der Waals surface area (Å²) < 4.78 is 0. The minimum absolute atomic E-state index is 0.00791. The van der Waals surface area contributed by atoms with Gasteiger partial charge >= 0.3 is 0 Å². The van der Waals surface area contributed by atoms with E-state index in [0.717, 1.165) is 0 Å². The lowest BCUT2D eigenvalue weighted by molar-refractivity contribution is -0.123. The second-order valence-corrected chi connectivity index (χ2v) is 11.3. The molecule has 0 radical (unpaired) electrons. The van der Waals surface area contributed by atoms with Crippen LogP contribution in [0.2, 0.25) is 20.1 Å². The zero-order chi connectivity index (χ0) is 34.8. The molecule has 0 aliphatic carbocycles. The quantitative estimate of drug-likeness (QED) is 0.0965. The number of Topliss-reactive ketones (excluding diaryl/α,β-unsaturated/α-hetero) is 2. The highest BCUT2D eigenvalue weighted by Crippen LogP contribution is 2.37. The fourth-order valence-electron chi connectivity index (χ4n) is 3.62. The molecular formula is C33H26Cl4N4O6. The number of phenols is 2. The third kappa shape index (κ3) is 10.1. The maximum atomic E-state index is 12.9. The van der Waals surface area contributed by atoms with Gasteiger partial charge in [-0.3, -0.25) is 19.2 Å². The number of benzene rings is 4. The highest BCUT2D eigenvalue weighted by Gasteiger charge is 2.23. The van der Waals surface area contributed by atoms with Crippen LogP contribution in [0.4, 0.5) is 17.1 Å². The van der Waals surface area contributed by atoms with Crippen molar-refractivity contribution >= 4 is 98.3 Å². The number of para-hydroxylation sites is 1. The van der Waals surface area contributed by atoms with Gasteiger partial charge in [-0.05, 0) is 36.4 Å². The summed E-state index contributed by atoms with van der Waals surface area (Å²) >= 11 is 23.3. The molecular weight excluding hydrogens is 690 g/mol. The summed E-state index contributed by atoms with van der Waals surface area (Å²) in [5.74, 6) is -2.81. The number of hydrogen-bond donors (Lipinski definition) is 3. The second kappa shape index (κ2) is 16.7. The van der Waals surface area contributed by atoms with E-state index in [4.69, 9.17) is 46.4 Å². The Morgan fingerprint density at radius 3 is 1.47 bits per heavy atom. The Hall–Kier alpha value is -4.74. The van der Waals surface area contributed by atoms with Crippen LogP contribution in [0.5, 0.6) is 11.5 Å². The summed E-state index contributed by atoms with van der Waals surface area (Å²) in [4.78, 5) is 58.3. The van der Waals surface area contributed by atoms with Gasteiger partial charge in [0.25, 0.3) is 11.8 Å². The molecule has 0 aliphatic heterocycles. The van der Waals surface area contributed by atoms with Crippen molar-refractivity contribution < 1.29 is 29.4 Å². The first-order valence-corrected chi connectivity index (χ1v) is 14.9. The lowest BCUT2D eigenvalue weighted by atomic mass is 10.1. The zero-order valence-corrected chi connectivity index (χ0v) is 28.0. The fraction of sp³-hybridized carbons (Fsp3) is 0.0909. The summed E-state index contributed by atoms with van der Waals surface area (Å²) in [6, 6.07) is 22.3. The van der Waals surface area contributed by atoms with Gasteiger partial charge in [0.05, 0.1) is 31.5 Å². The lowest BCUT2D eigenvalue weighted by Crippen LogP contribution is -2.33. The number of aromatic hydroxyl groups is 2. The lowest BCUT2D eigenvalue weighted by Gasteiger charge is -2.10. The maximum Gasteiger partial charge on any atom is 0.278 e. The first kappa shape index (κ1) is 36.7. The number of halogens is 4. The first-order valence-electron chi connectivity index (χ1n) is 13.4. The Labute approximate surface area is 289 Å². The number of nitrogens with one attached hydrogen (secondary N) is 1. The molecule has 0 aromatic heterocycles. The van der Waals surface area contributed by atoms with Crippen molar-refractivity contribution in [2.45, 2.75) is 6.92 Å². The molecule has 0 saturated heterocycles.